The predicted molar refractivity (Wildman–Crippen MR) is 133 cm³/mol. The summed E-state index contributed by atoms with van der Waals surface area (Å²) in [5.74, 6) is -0.207. The van der Waals surface area contributed by atoms with Crippen molar-refractivity contribution in [3.8, 4) is 11.6 Å². The molecule has 5 N–H and O–H groups in total. The number of carbonyl (C=O) groups is 1. The van der Waals surface area contributed by atoms with Gasteiger partial charge in [-0.3, -0.25) is 9.36 Å². The summed E-state index contributed by atoms with van der Waals surface area (Å²) in [7, 11) is -0.440. The van der Waals surface area contributed by atoms with Crippen LogP contribution < -0.4 is 20.9 Å². The quantitative estimate of drug-likeness (QED) is 0.347. The van der Waals surface area contributed by atoms with E-state index in [4.69, 9.17) is 15.6 Å². The minimum absolute atomic E-state index is 0.00256. The van der Waals surface area contributed by atoms with E-state index in [0.717, 1.165) is 25.1 Å². The number of nitrogens with two attached hydrogens (primary N) is 2. The minimum atomic E-state index is -4.07. The Morgan fingerprint density at radius 3 is 2.67 bits per heavy atom. The molecule has 0 saturated heterocycles. The molecule has 0 saturated carbocycles. The minimum Gasteiger partial charge on any atom is -0.495 e. The van der Waals surface area contributed by atoms with E-state index < -0.39 is 15.9 Å². The van der Waals surface area contributed by atoms with E-state index in [-0.39, 0.29) is 22.4 Å². The Bertz CT molecular complexity index is 1620. The molecule has 0 radical (unpaired) electrons. The zero-order chi connectivity index (χ0) is 25.6. The van der Waals surface area contributed by atoms with Crippen molar-refractivity contribution >= 4 is 38.5 Å². The molecular formula is C23H24N8O4S. The maximum atomic E-state index is 12.2. The van der Waals surface area contributed by atoms with Gasteiger partial charge in [0, 0.05) is 24.7 Å². The standard InChI is InChI=1S/C23H24N8O4S/c1-30-8-7-13-10-18(35-2)16(9-14(13)11-30)26-23-27-22(20(21(24)32)28-29-23)31-12-19(36(25,33)34)15-5-3-4-6-17(15)31/h3-6,9-10,12H,7-8,11H2,1-2H3,(H2,24,32)(H2,25,33,34)(H,26,27,29). The molecule has 0 aliphatic carbocycles. The number of primary sulfonamides is 1. The van der Waals surface area contributed by atoms with Crippen LogP contribution in [0.1, 0.15) is 21.6 Å². The molecule has 13 heteroatoms. The van der Waals surface area contributed by atoms with Gasteiger partial charge in [0.15, 0.2) is 11.5 Å². The molecule has 2 aromatic carbocycles. The van der Waals surface area contributed by atoms with Crippen molar-refractivity contribution in [2.75, 3.05) is 26.0 Å². The highest BCUT2D eigenvalue weighted by Gasteiger charge is 2.24. The van der Waals surface area contributed by atoms with Crippen molar-refractivity contribution in [1.82, 2.24) is 24.6 Å². The van der Waals surface area contributed by atoms with Crippen molar-refractivity contribution in [3.63, 3.8) is 0 Å². The van der Waals surface area contributed by atoms with Crippen molar-refractivity contribution < 1.29 is 17.9 Å². The number of hydrogen-bond donors (Lipinski definition) is 3. The monoisotopic (exact) mass is 508 g/mol. The summed E-state index contributed by atoms with van der Waals surface area (Å²) in [5, 5.41) is 16.9. The van der Waals surface area contributed by atoms with Gasteiger partial charge < -0.3 is 20.7 Å². The summed E-state index contributed by atoms with van der Waals surface area (Å²) in [6.45, 7) is 1.74. The third-order valence-corrected chi connectivity index (χ3v) is 7.02. The lowest BCUT2D eigenvalue weighted by Crippen LogP contribution is -2.26. The summed E-state index contributed by atoms with van der Waals surface area (Å²) in [4.78, 5) is 18.8. The molecule has 186 valence electrons. The van der Waals surface area contributed by atoms with E-state index >= 15 is 0 Å². The molecule has 1 amide bonds. The lowest BCUT2D eigenvalue weighted by atomic mass is 9.99. The van der Waals surface area contributed by atoms with Crippen molar-refractivity contribution in [2.45, 2.75) is 17.9 Å². The average Bonchev–Trinajstić information content (AvgIpc) is 3.23. The highest BCUT2D eigenvalue weighted by molar-refractivity contribution is 7.89. The molecule has 0 fully saturated rings. The number of aromatic nitrogens is 4. The number of nitrogens with zero attached hydrogens (tertiary/aromatic N) is 5. The Hall–Kier alpha value is -4.07. The highest BCUT2D eigenvalue weighted by atomic mass is 32.2. The molecule has 3 heterocycles. The zero-order valence-electron chi connectivity index (χ0n) is 19.6. The number of nitrogens with one attached hydrogen (secondary N) is 1. The third-order valence-electron chi connectivity index (χ3n) is 6.08. The van der Waals surface area contributed by atoms with Gasteiger partial charge in [-0.25, -0.2) is 13.6 Å². The SMILES string of the molecule is COc1cc2c(cc1Nc1nnc(C(N)=O)c(-n3cc(S(N)(=O)=O)c4ccccc43)n1)CN(C)CC2. The van der Waals surface area contributed by atoms with Crippen LogP contribution in [0.4, 0.5) is 11.6 Å². The molecule has 0 atom stereocenters. The van der Waals surface area contributed by atoms with Gasteiger partial charge in [-0.1, -0.05) is 18.2 Å². The van der Waals surface area contributed by atoms with Crippen LogP contribution >= 0.6 is 0 Å². The summed E-state index contributed by atoms with van der Waals surface area (Å²) >= 11 is 0. The molecule has 1 aliphatic heterocycles. The lowest BCUT2D eigenvalue weighted by Gasteiger charge is -2.26. The van der Waals surface area contributed by atoms with Gasteiger partial charge in [-0.15, -0.1) is 10.2 Å². The van der Waals surface area contributed by atoms with Gasteiger partial charge in [0.2, 0.25) is 16.0 Å². The van der Waals surface area contributed by atoms with Crippen molar-refractivity contribution in [1.29, 1.82) is 0 Å². The third kappa shape index (κ3) is 4.23. The van der Waals surface area contributed by atoms with Crippen LogP contribution in [0.2, 0.25) is 0 Å². The molecule has 1 aliphatic rings. The maximum Gasteiger partial charge on any atom is 0.273 e. The molecular weight excluding hydrogens is 484 g/mol. The molecule has 0 unspecified atom stereocenters. The Morgan fingerprint density at radius 2 is 1.94 bits per heavy atom. The number of sulfonamides is 1. The first-order valence-corrected chi connectivity index (χ1v) is 12.5. The van der Waals surface area contributed by atoms with Crippen LogP contribution in [0.3, 0.4) is 0 Å². The van der Waals surface area contributed by atoms with Crippen LogP contribution in [0.15, 0.2) is 47.5 Å². The van der Waals surface area contributed by atoms with Gasteiger partial charge in [0.1, 0.15) is 10.6 Å². The number of amides is 1. The Kier molecular flexibility index (Phi) is 5.82. The highest BCUT2D eigenvalue weighted by Crippen LogP contribution is 2.33. The van der Waals surface area contributed by atoms with Crippen LogP contribution in [-0.2, 0) is 23.0 Å². The summed E-state index contributed by atoms with van der Waals surface area (Å²) in [6.07, 6.45) is 2.20. The summed E-state index contributed by atoms with van der Waals surface area (Å²) in [6, 6.07) is 10.6. The van der Waals surface area contributed by atoms with Gasteiger partial charge in [-0.05, 0) is 42.8 Å². The van der Waals surface area contributed by atoms with Crippen molar-refractivity contribution in [3.05, 3.63) is 59.4 Å². The fourth-order valence-corrected chi connectivity index (χ4v) is 5.09. The van der Waals surface area contributed by atoms with Crippen molar-refractivity contribution in [2.24, 2.45) is 10.9 Å². The first kappa shape index (κ1) is 23.7. The summed E-state index contributed by atoms with van der Waals surface area (Å²) in [5.41, 5.74) is 8.72. The van der Waals surface area contributed by atoms with E-state index in [0.29, 0.717) is 22.3 Å². The second-order valence-electron chi connectivity index (χ2n) is 8.53. The number of anilines is 2. The maximum absolute atomic E-state index is 12.2. The number of benzene rings is 2. The van der Waals surface area contributed by atoms with Crippen LogP contribution in [0, 0.1) is 0 Å². The molecule has 5 rings (SSSR count). The first-order valence-electron chi connectivity index (χ1n) is 11.0. The normalized spacial score (nSPS) is 14.0. The number of carbonyl (C=O) groups excluding carboxylic acids is 1. The Morgan fingerprint density at radius 1 is 1.17 bits per heavy atom. The Balaban J connectivity index is 1.64. The van der Waals surface area contributed by atoms with E-state index in [9.17, 15) is 13.2 Å². The number of rotatable bonds is 6. The van der Waals surface area contributed by atoms with Crippen LogP contribution in [0.25, 0.3) is 16.7 Å². The van der Waals surface area contributed by atoms with Gasteiger partial charge >= 0.3 is 0 Å². The van der Waals surface area contributed by atoms with Crippen LogP contribution in [-0.4, -0.2) is 59.7 Å². The molecule has 2 aromatic heterocycles. The molecule has 4 aromatic rings. The largest absolute Gasteiger partial charge is 0.495 e. The number of para-hydroxylation sites is 1. The second kappa shape index (κ2) is 8.86. The van der Waals surface area contributed by atoms with E-state index in [2.05, 4.69) is 32.4 Å². The van der Waals surface area contributed by atoms with Gasteiger partial charge in [-0.2, -0.15) is 4.98 Å². The summed E-state index contributed by atoms with van der Waals surface area (Å²) < 4.78 is 31.4. The number of methoxy groups -OCH3 is 1. The molecule has 12 nitrogen and oxygen atoms in total. The fraction of sp³-hybridized carbons (Fsp3) is 0.217. The zero-order valence-corrected chi connectivity index (χ0v) is 20.4. The average molecular weight is 509 g/mol. The molecule has 36 heavy (non-hydrogen) atoms. The molecule has 0 bridgehead atoms. The van der Waals surface area contributed by atoms with Gasteiger partial charge in [0.25, 0.3) is 5.91 Å². The number of fused-ring (bicyclic) bond motifs is 2. The van der Waals surface area contributed by atoms with Crippen LogP contribution in [0.5, 0.6) is 5.75 Å². The second-order valence-corrected chi connectivity index (χ2v) is 10.1. The predicted octanol–water partition coefficient (Wildman–Crippen LogP) is 1.30. The lowest BCUT2D eigenvalue weighted by molar-refractivity contribution is 0.0994. The smallest absolute Gasteiger partial charge is 0.273 e. The number of likely N-dealkylation sites (N-methyl/N-ethyl adjacent to an activating group) is 1. The molecule has 0 spiro atoms. The van der Waals surface area contributed by atoms with E-state index in [1.807, 2.05) is 12.1 Å². The fourth-order valence-electron chi connectivity index (χ4n) is 4.36. The number of primary amides is 1. The van der Waals surface area contributed by atoms with E-state index in [1.54, 1.807) is 31.4 Å². The first-order chi connectivity index (χ1) is 17.2. The Labute approximate surface area is 206 Å². The van der Waals surface area contributed by atoms with Gasteiger partial charge in [0.05, 0.1) is 18.3 Å². The topological polar surface area (TPSA) is 171 Å². The van der Waals surface area contributed by atoms with E-state index in [1.165, 1.54) is 16.3 Å². The number of ether oxygens (including phenoxy) is 1. The number of hydrogen-bond acceptors (Lipinski definition) is 9.